The predicted molar refractivity (Wildman–Crippen MR) is 78.2 cm³/mol. The lowest BCUT2D eigenvalue weighted by Gasteiger charge is -2.33. The van der Waals surface area contributed by atoms with Crippen molar-refractivity contribution in [1.29, 1.82) is 0 Å². The molecule has 2 N–H and O–H groups in total. The molecule has 1 aliphatic rings. The summed E-state index contributed by atoms with van der Waals surface area (Å²) in [4.78, 5) is 0. The van der Waals surface area contributed by atoms with Gasteiger partial charge >= 0.3 is 6.36 Å². The van der Waals surface area contributed by atoms with Crippen molar-refractivity contribution in [1.82, 2.24) is 0 Å². The Morgan fingerprint density at radius 2 is 1.90 bits per heavy atom. The van der Waals surface area contributed by atoms with Crippen molar-refractivity contribution in [2.75, 3.05) is 11.5 Å². The van der Waals surface area contributed by atoms with Crippen LogP contribution in [-0.4, -0.2) is 28.4 Å². The first-order chi connectivity index (χ1) is 9.38. The van der Waals surface area contributed by atoms with E-state index in [-0.39, 0.29) is 11.0 Å². The molecule has 2 rings (SSSR count). The Bertz CT molecular complexity index is 455. The highest BCUT2D eigenvalue weighted by molar-refractivity contribution is 8.07. The molecule has 0 saturated carbocycles. The fourth-order valence-corrected chi connectivity index (χ4v) is 5.06. The number of ether oxygens (including phenoxy) is 1. The molecule has 7 heteroatoms. The molecule has 1 aromatic rings. The first kappa shape index (κ1) is 15.9. The van der Waals surface area contributed by atoms with E-state index in [2.05, 4.69) is 11.7 Å². The van der Waals surface area contributed by atoms with Crippen molar-refractivity contribution < 1.29 is 17.9 Å². The number of para-hydroxylation sites is 1. The van der Waals surface area contributed by atoms with E-state index in [1.165, 1.54) is 12.1 Å². The van der Waals surface area contributed by atoms with Gasteiger partial charge in [0.25, 0.3) is 0 Å². The topological polar surface area (TPSA) is 35.2 Å². The third kappa shape index (κ3) is 3.99. The van der Waals surface area contributed by atoms with Crippen LogP contribution in [0.2, 0.25) is 0 Å². The average Bonchev–Trinajstić information content (AvgIpc) is 2.37. The smallest absolute Gasteiger partial charge is 0.405 e. The molecule has 0 aliphatic carbocycles. The molecule has 0 spiro atoms. The van der Waals surface area contributed by atoms with Crippen molar-refractivity contribution in [2.24, 2.45) is 5.73 Å². The Hall–Kier alpha value is -0.530. The van der Waals surface area contributed by atoms with Crippen LogP contribution in [-0.2, 0) is 0 Å². The van der Waals surface area contributed by atoms with Crippen molar-refractivity contribution >= 4 is 23.5 Å². The van der Waals surface area contributed by atoms with Crippen LogP contribution in [0.15, 0.2) is 24.3 Å². The summed E-state index contributed by atoms with van der Waals surface area (Å²) in [7, 11) is 0. The van der Waals surface area contributed by atoms with Crippen LogP contribution >= 0.6 is 23.5 Å². The fourth-order valence-electron chi connectivity index (χ4n) is 2.19. The summed E-state index contributed by atoms with van der Waals surface area (Å²) in [5.41, 5.74) is 6.61. The summed E-state index contributed by atoms with van der Waals surface area (Å²) in [6.07, 6.45) is -4.70. The fraction of sp³-hybridized carbons (Fsp3) is 0.538. The van der Waals surface area contributed by atoms with E-state index < -0.39 is 12.4 Å². The molecule has 1 heterocycles. The van der Waals surface area contributed by atoms with Crippen LogP contribution in [0, 0.1) is 0 Å². The second kappa shape index (κ2) is 6.49. The summed E-state index contributed by atoms with van der Waals surface area (Å²) in [5.74, 6) is 1.82. The quantitative estimate of drug-likeness (QED) is 0.917. The number of benzene rings is 1. The molecule has 2 nitrogen and oxygen atoms in total. The normalized spacial score (nSPS) is 25.2. The number of hydrogen-bond donors (Lipinski definition) is 1. The molecular formula is C13H16F3NOS2. The monoisotopic (exact) mass is 323 g/mol. The van der Waals surface area contributed by atoms with Gasteiger partial charge in [0.1, 0.15) is 5.75 Å². The highest BCUT2D eigenvalue weighted by Crippen LogP contribution is 2.40. The minimum Gasteiger partial charge on any atom is -0.405 e. The molecule has 3 unspecified atom stereocenters. The molecule has 3 atom stereocenters. The molecule has 0 aromatic heterocycles. The minimum atomic E-state index is -4.70. The Morgan fingerprint density at radius 3 is 2.55 bits per heavy atom. The maximum Gasteiger partial charge on any atom is 0.573 e. The van der Waals surface area contributed by atoms with Crippen molar-refractivity contribution in [3.8, 4) is 5.75 Å². The SMILES string of the molecule is CC1SCCSC1C(N)c1ccccc1OC(F)(F)F. The zero-order valence-electron chi connectivity index (χ0n) is 10.9. The van der Waals surface area contributed by atoms with Crippen molar-refractivity contribution in [3.05, 3.63) is 29.8 Å². The summed E-state index contributed by atoms with van der Waals surface area (Å²) in [5, 5.41) is 0.398. The molecule has 112 valence electrons. The van der Waals surface area contributed by atoms with Crippen LogP contribution in [0.1, 0.15) is 18.5 Å². The lowest BCUT2D eigenvalue weighted by molar-refractivity contribution is -0.275. The van der Waals surface area contributed by atoms with Gasteiger partial charge in [-0.05, 0) is 6.07 Å². The maximum atomic E-state index is 12.4. The Labute approximate surface area is 124 Å². The van der Waals surface area contributed by atoms with E-state index in [1.54, 1.807) is 35.7 Å². The highest BCUT2D eigenvalue weighted by Gasteiger charge is 2.35. The van der Waals surface area contributed by atoms with Crippen LogP contribution in [0.3, 0.4) is 0 Å². The summed E-state index contributed by atoms with van der Waals surface area (Å²) in [6, 6.07) is 5.65. The lowest BCUT2D eigenvalue weighted by atomic mass is 10.0. The van der Waals surface area contributed by atoms with Gasteiger partial charge in [0.2, 0.25) is 0 Å². The highest BCUT2D eigenvalue weighted by atomic mass is 32.2. The number of halogens is 3. The van der Waals surface area contributed by atoms with E-state index in [9.17, 15) is 13.2 Å². The summed E-state index contributed by atoms with van der Waals surface area (Å²) >= 11 is 3.52. The largest absolute Gasteiger partial charge is 0.573 e. The van der Waals surface area contributed by atoms with Gasteiger partial charge in [-0.15, -0.1) is 13.2 Å². The molecular weight excluding hydrogens is 307 g/mol. The van der Waals surface area contributed by atoms with E-state index >= 15 is 0 Å². The van der Waals surface area contributed by atoms with Crippen LogP contribution in [0.25, 0.3) is 0 Å². The third-order valence-corrected chi connectivity index (χ3v) is 6.31. The first-order valence-corrected chi connectivity index (χ1v) is 8.31. The van der Waals surface area contributed by atoms with Gasteiger partial charge in [-0.25, -0.2) is 0 Å². The predicted octanol–water partition coefficient (Wildman–Crippen LogP) is 3.82. The minimum absolute atomic E-state index is 0.0896. The molecule has 0 amide bonds. The third-order valence-electron chi connectivity index (χ3n) is 3.09. The summed E-state index contributed by atoms with van der Waals surface area (Å²) < 4.78 is 41.4. The molecule has 1 aliphatic heterocycles. The second-order valence-corrected chi connectivity index (χ2v) is 7.29. The van der Waals surface area contributed by atoms with Gasteiger partial charge in [-0.3, -0.25) is 0 Å². The zero-order valence-corrected chi connectivity index (χ0v) is 12.5. The van der Waals surface area contributed by atoms with Crippen molar-refractivity contribution in [2.45, 2.75) is 29.8 Å². The van der Waals surface area contributed by atoms with Gasteiger partial charge in [-0.2, -0.15) is 23.5 Å². The lowest BCUT2D eigenvalue weighted by Crippen LogP contribution is -2.34. The number of thioether (sulfide) groups is 2. The Balaban J connectivity index is 2.22. The first-order valence-electron chi connectivity index (χ1n) is 6.22. The number of nitrogens with two attached hydrogens (primary N) is 1. The molecule has 1 saturated heterocycles. The number of rotatable bonds is 3. The zero-order chi connectivity index (χ0) is 14.8. The van der Waals surface area contributed by atoms with E-state index in [0.29, 0.717) is 10.8 Å². The second-order valence-electron chi connectivity index (χ2n) is 4.52. The molecule has 0 radical (unpaired) electrons. The summed E-state index contributed by atoms with van der Waals surface area (Å²) in [6.45, 7) is 2.06. The Kier molecular flexibility index (Phi) is 5.14. The number of alkyl halides is 3. The molecule has 20 heavy (non-hydrogen) atoms. The average molecular weight is 323 g/mol. The van der Waals surface area contributed by atoms with Gasteiger partial charge in [0.15, 0.2) is 0 Å². The molecule has 1 fully saturated rings. The molecule has 1 aromatic carbocycles. The van der Waals surface area contributed by atoms with Crippen molar-refractivity contribution in [3.63, 3.8) is 0 Å². The van der Waals surface area contributed by atoms with Gasteiger partial charge in [-0.1, -0.05) is 25.1 Å². The van der Waals surface area contributed by atoms with Crippen LogP contribution < -0.4 is 10.5 Å². The molecule has 0 bridgehead atoms. The van der Waals surface area contributed by atoms with Crippen LogP contribution in [0.4, 0.5) is 13.2 Å². The number of hydrogen-bond acceptors (Lipinski definition) is 4. The van der Waals surface area contributed by atoms with Gasteiger partial charge < -0.3 is 10.5 Å². The van der Waals surface area contributed by atoms with E-state index in [1.807, 2.05) is 0 Å². The van der Waals surface area contributed by atoms with E-state index in [0.717, 1.165) is 11.5 Å². The standard InChI is InChI=1S/C13H16F3NOS2/c1-8-12(20-7-6-19-8)11(17)9-4-2-3-5-10(9)18-13(14,15)16/h2-5,8,11-12H,6-7,17H2,1H3. The maximum absolute atomic E-state index is 12.4. The van der Waals surface area contributed by atoms with E-state index in [4.69, 9.17) is 5.73 Å². The van der Waals surface area contributed by atoms with Gasteiger partial charge in [0, 0.05) is 33.6 Å². The Morgan fingerprint density at radius 1 is 1.25 bits per heavy atom. The van der Waals surface area contributed by atoms with Crippen LogP contribution in [0.5, 0.6) is 5.75 Å². The van der Waals surface area contributed by atoms with Gasteiger partial charge in [0.05, 0.1) is 0 Å².